The van der Waals surface area contributed by atoms with Gasteiger partial charge in [0.15, 0.2) is 9.37 Å². The summed E-state index contributed by atoms with van der Waals surface area (Å²) in [6, 6.07) is 0. The Hall–Kier alpha value is -0.300. The molecule has 0 atom stereocenters. The summed E-state index contributed by atoms with van der Waals surface area (Å²) in [7, 11) is 0. The predicted molar refractivity (Wildman–Crippen MR) is 67.9 cm³/mol. The lowest BCUT2D eigenvalue weighted by atomic mass is 9.76. The number of allylic oxidation sites excluding steroid dienone is 1. The summed E-state index contributed by atoms with van der Waals surface area (Å²) in [6.45, 7) is 5.84. The maximum atomic E-state index is 11.9. The standard InChI is InChI=1S/C11H16INO3/c1-6(2)15-8-4-11(5-8)10(14)13-7(3)9(12)16-11/h6,8H,4-5H2,1-3H3,(H,13,14). The zero-order valence-electron chi connectivity index (χ0n) is 9.67. The summed E-state index contributed by atoms with van der Waals surface area (Å²) in [5.41, 5.74) is 0.125. The van der Waals surface area contributed by atoms with E-state index in [1.807, 2.05) is 20.8 Å². The zero-order valence-corrected chi connectivity index (χ0v) is 11.8. The molecule has 0 radical (unpaired) electrons. The number of hydrogen-bond acceptors (Lipinski definition) is 3. The first-order chi connectivity index (χ1) is 7.43. The van der Waals surface area contributed by atoms with E-state index in [1.54, 1.807) is 0 Å². The molecule has 0 bridgehead atoms. The molecule has 1 saturated carbocycles. The lowest BCUT2D eigenvalue weighted by Gasteiger charge is -2.47. The van der Waals surface area contributed by atoms with Gasteiger partial charge in [-0.3, -0.25) is 4.79 Å². The number of carbonyl (C=O) groups is 1. The normalized spacial score (nSPS) is 33.8. The van der Waals surface area contributed by atoms with E-state index in [9.17, 15) is 4.79 Å². The Morgan fingerprint density at radius 1 is 1.56 bits per heavy atom. The maximum Gasteiger partial charge on any atom is 0.268 e. The highest BCUT2D eigenvalue weighted by atomic mass is 127. The molecule has 1 fully saturated rings. The van der Waals surface area contributed by atoms with Crippen molar-refractivity contribution in [1.82, 2.24) is 5.32 Å². The van der Waals surface area contributed by atoms with Crippen LogP contribution in [0.5, 0.6) is 0 Å². The molecule has 2 rings (SSSR count). The number of amides is 1. The fourth-order valence-corrected chi connectivity index (χ4v) is 2.61. The van der Waals surface area contributed by atoms with Gasteiger partial charge in [0.25, 0.3) is 5.91 Å². The molecule has 0 saturated heterocycles. The molecule has 0 aromatic carbocycles. The first-order valence-corrected chi connectivity index (χ1v) is 6.53. The van der Waals surface area contributed by atoms with E-state index in [0.717, 1.165) is 9.46 Å². The van der Waals surface area contributed by atoms with Crippen LogP contribution in [0, 0.1) is 0 Å². The van der Waals surface area contributed by atoms with Crippen molar-refractivity contribution in [3.8, 4) is 0 Å². The summed E-state index contributed by atoms with van der Waals surface area (Å²) >= 11 is 2.11. The number of carbonyl (C=O) groups excluding carboxylic acids is 1. The Morgan fingerprint density at radius 3 is 2.75 bits per heavy atom. The van der Waals surface area contributed by atoms with Gasteiger partial charge in [-0.2, -0.15) is 0 Å². The number of hydrogen-bond donors (Lipinski definition) is 1. The van der Waals surface area contributed by atoms with Crippen LogP contribution in [0.25, 0.3) is 0 Å². The van der Waals surface area contributed by atoms with Crippen molar-refractivity contribution < 1.29 is 14.3 Å². The van der Waals surface area contributed by atoms with Crippen LogP contribution >= 0.6 is 22.6 Å². The van der Waals surface area contributed by atoms with Crippen molar-refractivity contribution >= 4 is 28.5 Å². The highest BCUT2D eigenvalue weighted by molar-refractivity contribution is 14.1. The van der Waals surface area contributed by atoms with Gasteiger partial charge in [-0.15, -0.1) is 0 Å². The van der Waals surface area contributed by atoms with Gasteiger partial charge in [0, 0.05) is 35.4 Å². The summed E-state index contributed by atoms with van der Waals surface area (Å²) in [4.78, 5) is 11.9. The molecule has 1 heterocycles. The first-order valence-electron chi connectivity index (χ1n) is 5.45. The number of ether oxygens (including phenoxy) is 2. The van der Waals surface area contributed by atoms with Crippen LogP contribution in [-0.2, 0) is 14.3 Å². The molecular formula is C11H16INO3. The van der Waals surface area contributed by atoms with Crippen LogP contribution in [0.2, 0.25) is 0 Å². The van der Waals surface area contributed by atoms with E-state index in [4.69, 9.17) is 9.47 Å². The average Bonchev–Trinajstić information content (AvgIpc) is 2.10. The zero-order chi connectivity index (χ0) is 11.9. The molecule has 2 aliphatic rings. The monoisotopic (exact) mass is 337 g/mol. The number of rotatable bonds is 2. The van der Waals surface area contributed by atoms with Crippen LogP contribution in [0.15, 0.2) is 9.46 Å². The van der Waals surface area contributed by atoms with E-state index in [-0.39, 0.29) is 18.1 Å². The molecule has 1 amide bonds. The second-order valence-corrected chi connectivity index (χ2v) is 5.64. The van der Waals surface area contributed by atoms with E-state index >= 15 is 0 Å². The Bertz CT molecular complexity index is 345. The third kappa shape index (κ3) is 2.07. The van der Waals surface area contributed by atoms with E-state index in [2.05, 4.69) is 27.9 Å². The van der Waals surface area contributed by atoms with E-state index in [1.165, 1.54) is 0 Å². The molecule has 1 spiro atoms. The second kappa shape index (κ2) is 4.18. The molecule has 5 heteroatoms. The topological polar surface area (TPSA) is 47.6 Å². The highest BCUT2D eigenvalue weighted by Gasteiger charge is 2.55. The fourth-order valence-electron chi connectivity index (χ4n) is 2.05. The average molecular weight is 337 g/mol. The van der Waals surface area contributed by atoms with Crippen LogP contribution in [0.3, 0.4) is 0 Å². The Kier molecular flexibility index (Phi) is 3.18. The van der Waals surface area contributed by atoms with E-state index < -0.39 is 5.60 Å². The molecule has 0 aromatic rings. The first kappa shape index (κ1) is 12.2. The largest absolute Gasteiger partial charge is 0.469 e. The summed E-state index contributed by atoms with van der Waals surface area (Å²) < 4.78 is 12.1. The van der Waals surface area contributed by atoms with Gasteiger partial charge in [0.2, 0.25) is 0 Å². The van der Waals surface area contributed by atoms with Gasteiger partial charge in [0.05, 0.1) is 17.9 Å². The Labute approximate surface area is 109 Å². The summed E-state index contributed by atoms with van der Waals surface area (Å²) in [5, 5.41) is 2.85. The summed E-state index contributed by atoms with van der Waals surface area (Å²) in [5.74, 6) is -0.0333. The molecule has 90 valence electrons. The minimum Gasteiger partial charge on any atom is -0.469 e. The molecule has 1 aliphatic carbocycles. The van der Waals surface area contributed by atoms with Gasteiger partial charge in [-0.25, -0.2) is 0 Å². The minimum absolute atomic E-state index is 0.0333. The van der Waals surface area contributed by atoms with Gasteiger partial charge in [-0.05, 0) is 20.8 Å². The van der Waals surface area contributed by atoms with Crippen molar-refractivity contribution in [3.63, 3.8) is 0 Å². The molecule has 1 N–H and O–H groups in total. The molecule has 16 heavy (non-hydrogen) atoms. The lowest BCUT2D eigenvalue weighted by Crippen LogP contribution is -2.61. The highest BCUT2D eigenvalue weighted by Crippen LogP contribution is 2.43. The predicted octanol–water partition coefficient (Wildman–Crippen LogP) is 2.08. The van der Waals surface area contributed by atoms with Crippen LogP contribution in [-0.4, -0.2) is 23.7 Å². The molecule has 1 aliphatic heterocycles. The van der Waals surface area contributed by atoms with Crippen molar-refractivity contribution in [1.29, 1.82) is 0 Å². The summed E-state index contributed by atoms with van der Waals surface area (Å²) in [6.07, 6.45) is 1.65. The van der Waals surface area contributed by atoms with Gasteiger partial charge < -0.3 is 14.8 Å². The van der Waals surface area contributed by atoms with Crippen molar-refractivity contribution in [3.05, 3.63) is 9.46 Å². The quantitative estimate of drug-likeness (QED) is 0.785. The Balaban J connectivity index is 2.00. The van der Waals surface area contributed by atoms with Crippen LogP contribution < -0.4 is 5.32 Å². The lowest BCUT2D eigenvalue weighted by molar-refractivity contribution is -0.181. The second-order valence-electron chi connectivity index (χ2n) is 4.66. The smallest absolute Gasteiger partial charge is 0.268 e. The van der Waals surface area contributed by atoms with Crippen molar-refractivity contribution in [2.24, 2.45) is 0 Å². The molecule has 0 aromatic heterocycles. The number of nitrogens with one attached hydrogen (secondary N) is 1. The van der Waals surface area contributed by atoms with Crippen LogP contribution in [0.4, 0.5) is 0 Å². The minimum atomic E-state index is -0.671. The maximum absolute atomic E-state index is 11.9. The van der Waals surface area contributed by atoms with E-state index in [0.29, 0.717) is 12.8 Å². The Morgan fingerprint density at radius 2 is 2.19 bits per heavy atom. The van der Waals surface area contributed by atoms with Gasteiger partial charge >= 0.3 is 0 Å². The van der Waals surface area contributed by atoms with Gasteiger partial charge in [0.1, 0.15) is 0 Å². The van der Waals surface area contributed by atoms with Crippen LogP contribution in [0.1, 0.15) is 33.6 Å². The molecule has 4 nitrogen and oxygen atoms in total. The van der Waals surface area contributed by atoms with Crippen molar-refractivity contribution in [2.75, 3.05) is 0 Å². The molecule has 0 unspecified atom stereocenters. The van der Waals surface area contributed by atoms with Crippen molar-refractivity contribution in [2.45, 2.75) is 51.4 Å². The fraction of sp³-hybridized carbons (Fsp3) is 0.727. The number of halogens is 1. The third-order valence-corrected chi connectivity index (χ3v) is 3.90. The SMILES string of the molecule is CC1=C(I)OC2(CC(OC(C)C)C2)C(=O)N1. The third-order valence-electron chi connectivity index (χ3n) is 2.87. The van der Waals surface area contributed by atoms with Gasteiger partial charge in [-0.1, -0.05) is 0 Å². The molecular weight excluding hydrogens is 321 g/mol.